The molecule has 2 atom stereocenters. The average molecular weight is 219 g/mol. The molecule has 0 aliphatic rings. The van der Waals surface area contributed by atoms with Crippen molar-refractivity contribution in [3.63, 3.8) is 0 Å². The molecule has 0 saturated heterocycles. The van der Waals surface area contributed by atoms with Crippen LogP contribution < -0.4 is 5.32 Å². The standard InChI is InChI=1S/C8H13NO6/c1-4(10)7(13)9-5(8(14)15)2-3-6(11)12/h4-5,10H,2-3H2,1H3,(H,9,13)(H,11,12)(H,14,15)/t4-,5-/m0/s1. The second-order valence-electron chi connectivity index (χ2n) is 3.01. The van der Waals surface area contributed by atoms with E-state index in [1.165, 1.54) is 6.92 Å². The Morgan fingerprint density at radius 3 is 2.13 bits per heavy atom. The number of carboxylic acids is 2. The minimum atomic E-state index is -1.33. The van der Waals surface area contributed by atoms with E-state index < -0.39 is 30.0 Å². The zero-order valence-corrected chi connectivity index (χ0v) is 8.14. The second-order valence-corrected chi connectivity index (χ2v) is 3.01. The lowest BCUT2D eigenvalue weighted by Gasteiger charge is -2.14. The lowest BCUT2D eigenvalue weighted by Crippen LogP contribution is -2.44. The number of rotatable bonds is 6. The van der Waals surface area contributed by atoms with Crippen LogP contribution in [0, 0.1) is 0 Å². The molecule has 0 aromatic heterocycles. The Bertz CT molecular complexity index is 262. The molecule has 15 heavy (non-hydrogen) atoms. The van der Waals surface area contributed by atoms with Gasteiger partial charge in [0.05, 0.1) is 0 Å². The fourth-order valence-corrected chi connectivity index (χ4v) is 0.818. The Morgan fingerprint density at radius 2 is 1.80 bits per heavy atom. The first-order valence-electron chi connectivity index (χ1n) is 4.27. The van der Waals surface area contributed by atoms with Gasteiger partial charge in [0.1, 0.15) is 12.1 Å². The topological polar surface area (TPSA) is 124 Å². The SMILES string of the molecule is C[C@H](O)C(=O)N[C@@H](CCC(=O)O)C(=O)O. The molecule has 86 valence electrons. The van der Waals surface area contributed by atoms with E-state index in [1.54, 1.807) is 0 Å². The number of aliphatic carboxylic acids is 2. The van der Waals surface area contributed by atoms with Crippen molar-refractivity contribution in [2.24, 2.45) is 0 Å². The van der Waals surface area contributed by atoms with E-state index in [0.29, 0.717) is 0 Å². The van der Waals surface area contributed by atoms with E-state index in [9.17, 15) is 14.4 Å². The monoisotopic (exact) mass is 219 g/mol. The number of aliphatic hydroxyl groups is 1. The molecule has 1 amide bonds. The van der Waals surface area contributed by atoms with Crippen LogP contribution in [0.1, 0.15) is 19.8 Å². The van der Waals surface area contributed by atoms with Gasteiger partial charge in [-0.2, -0.15) is 0 Å². The summed E-state index contributed by atoms with van der Waals surface area (Å²) in [6.07, 6.45) is -1.91. The van der Waals surface area contributed by atoms with Crippen LogP contribution in [0.5, 0.6) is 0 Å². The van der Waals surface area contributed by atoms with Crippen LogP contribution in [0.3, 0.4) is 0 Å². The van der Waals surface area contributed by atoms with Gasteiger partial charge in [0.2, 0.25) is 5.91 Å². The number of nitrogens with one attached hydrogen (secondary N) is 1. The van der Waals surface area contributed by atoms with Crippen LogP contribution >= 0.6 is 0 Å². The number of carboxylic acid groups (broad SMARTS) is 2. The lowest BCUT2D eigenvalue weighted by atomic mass is 10.1. The average Bonchev–Trinajstić information content (AvgIpc) is 2.10. The largest absolute Gasteiger partial charge is 0.481 e. The van der Waals surface area contributed by atoms with E-state index in [2.05, 4.69) is 0 Å². The third-order valence-corrected chi connectivity index (χ3v) is 1.64. The van der Waals surface area contributed by atoms with E-state index in [-0.39, 0.29) is 12.8 Å². The molecule has 0 radical (unpaired) electrons. The molecular formula is C8H13NO6. The number of amides is 1. The summed E-state index contributed by atoms with van der Waals surface area (Å²) in [5.41, 5.74) is 0. The molecule has 0 unspecified atom stereocenters. The van der Waals surface area contributed by atoms with Crippen molar-refractivity contribution in [3.05, 3.63) is 0 Å². The smallest absolute Gasteiger partial charge is 0.326 e. The predicted molar refractivity (Wildman–Crippen MR) is 48.1 cm³/mol. The van der Waals surface area contributed by atoms with E-state index in [1.807, 2.05) is 5.32 Å². The van der Waals surface area contributed by atoms with Gasteiger partial charge in [-0.3, -0.25) is 9.59 Å². The van der Waals surface area contributed by atoms with Crippen molar-refractivity contribution in [3.8, 4) is 0 Å². The Kier molecular flexibility index (Phi) is 5.32. The number of carbonyl (C=O) groups excluding carboxylic acids is 1. The van der Waals surface area contributed by atoms with E-state index in [4.69, 9.17) is 15.3 Å². The molecule has 7 heteroatoms. The van der Waals surface area contributed by atoms with Crippen LogP contribution in [0.2, 0.25) is 0 Å². The maximum atomic E-state index is 10.9. The molecule has 0 saturated carbocycles. The van der Waals surface area contributed by atoms with Crippen molar-refractivity contribution >= 4 is 17.8 Å². The van der Waals surface area contributed by atoms with E-state index >= 15 is 0 Å². The minimum Gasteiger partial charge on any atom is -0.481 e. The highest BCUT2D eigenvalue weighted by Crippen LogP contribution is 1.98. The maximum Gasteiger partial charge on any atom is 0.326 e. The normalized spacial score (nSPS) is 14.0. The fraction of sp³-hybridized carbons (Fsp3) is 0.625. The van der Waals surface area contributed by atoms with Crippen molar-refractivity contribution in [1.82, 2.24) is 5.32 Å². The van der Waals surface area contributed by atoms with Crippen molar-refractivity contribution in [2.75, 3.05) is 0 Å². The minimum absolute atomic E-state index is 0.219. The summed E-state index contributed by atoms with van der Waals surface area (Å²) in [5.74, 6) is -3.31. The van der Waals surface area contributed by atoms with Gasteiger partial charge in [-0.1, -0.05) is 0 Å². The van der Waals surface area contributed by atoms with Gasteiger partial charge in [-0.05, 0) is 13.3 Å². The quantitative estimate of drug-likeness (QED) is 0.445. The van der Waals surface area contributed by atoms with Gasteiger partial charge in [0, 0.05) is 6.42 Å². The van der Waals surface area contributed by atoms with Gasteiger partial charge < -0.3 is 20.6 Å². The molecule has 0 fully saturated rings. The van der Waals surface area contributed by atoms with Crippen molar-refractivity contribution in [2.45, 2.75) is 31.9 Å². The summed E-state index contributed by atoms with van der Waals surface area (Å²) in [5, 5.41) is 27.8. The molecule has 0 aromatic rings. The van der Waals surface area contributed by atoms with Gasteiger partial charge >= 0.3 is 11.9 Å². The Hall–Kier alpha value is -1.63. The predicted octanol–water partition coefficient (Wildman–Crippen LogP) is -1.20. The first-order chi connectivity index (χ1) is 6.84. The highest BCUT2D eigenvalue weighted by atomic mass is 16.4. The van der Waals surface area contributed by atoms with Crippen LogP contribution in [0.4, 0.5) is 0 Å². The first kappa shape index (κ1) is 13.4. The third kappa shape index (κ3) is 5.63. The summed E-state index contributed by atoms with van der Waals surface area (Å²) in [6, 6.07) is -1.29. The molecule has 0 heterocycles. The second kappa shape index (κ2) is 5.97. The van der Waals surface area contributed by atoms with Crippen LogP contribution in [0.25, 0.3) is 0 Å². The summed E-state index contributed by atoms with van der Waals surface area (Å²) < 4.78 is 0. The first-order valence-corrected chi connectivity index (χ1v) is 4.27. The maximum absolute atomic E-state index is 10.9. The number of hydrogen-bond donors (Lipinski definition) is 4. The molecule has 4 N–H and O–H groups in total. The third-order valence-electron chi connectivity index (χ3n) is 1.64. The van der Waals surface area contributed by atoms with Gasteiger partial charge in [-0.25, -0.2) is 4.79 Å². The van der Waals surface area contributed by atoms with Gasteiger partial charge in [-0.15, -0.1) is 0 Å². The lowest BCUT2D eigenvalue weighted by molar-refractivity contribution is -0.144. The van der Waals surface area contributed by atoms with E-state index in [0.717, 1.165) is 0 Å². The van der Waals surface area contributed by atoms with Crippen molar-refractivity contribution in [1.29, 1.82) is 0 Å². The summed E-state index contributed by atoms with van der Waals surface area (Å²) >= 11 is 0. The zero-order valence-electron chi connectivity index (χ0n) is 8.14. The molecule has 7 nitrogen and oxygen atoms in total. The zero-order chi connectivity index (χ0) is 12.0. The molecule has 0 bridgehead atoms. The van der Waals surface area contributed by atoms with Crippen LogP contribution in [-0.2, 0) is 14.4 Å². The van der Waals surface area contributed by atoms with Gasteiger partial charge in [0.15, 0.2) is 0 Å². The Balaban J connectivity index is 4.22. The summed E-state index contributed by atoms with van der Waals surface area (Å²) in [7, 11) is 0. The summed E-state index contributed by atoms with van der Waals surface area (Å²) in [4.78, 5) is 31.7. The molecular weight excluding hydrogens is 206 g/mol. The Morgan fingerprint density at radius 1 is 1.27 bits per heavy atom. The number of hydrogen-bond acceptors (Lipinski definition) is 4. The molecule has 0 rings (SSSR count). The molecule has 0 aliphatic carbocycles. The number of aliphatic hydroxyl groups excluding tert-OH is 1. The van der Waals surface area contributed by atoms with Crippen LogP contribution in [0.15, 0.2) is 0 Å². The summed E-state index contributed by atoms with van der Waals surface area (Å²) in [6.45, 7) is 1.19. The molecule has 0 spiro atoms. The van der Waals surface area contributed by atoms with Crippen molar-refractivity contribution < 1.29 is 29.7 Å². The number of carbonyl (C=O) groups is 3. The fourth-order valence-electron chi connectivity index (χ4n) is 0.818. The van der Waals surface area contributed by atoms with Crippen LogP contribution in [-0.4, -0.2) is 45.3 Å². The van der Waals surface area contributed by atoms with Gasteiger partial charge in [0.25, 0.3) is 0 Å². The highest BCUT2D eigenvalue weighted by Gasteiger charge is 2.22. The molecule has 0 aromatic carbocycles. The Labute approximate surface area is 85.7 Å². The molecule has 0 aliphatic heterocycles. The highest BCUT2D eigenvalue weighted by molar-refractivity contribution is 5.86.